The number of nitrogens with zero attached hydrogens (tertiary/aromatic N) is 2. The molecule has 0 fully saturated rings. The third kappa shape index (κ3) is 4.29. The van der Waals surface area contributed by atoms with Crippen molar-refractivity contribution in [1.82, 2.24) is 9.97 Å². The second-order valence-electron chi connectivity index (χ2n) is 7.09. The first kappa shape index (κ1) is 20.6. The first-order chi connectivity index (χ1) is 14.9. The smallest absolute Gasteiger partial charge is 0.263 e. The van der Waals surface area contributed by atoms with Gasteiger partial charge in [0.25, 0.3) is 10.0 Å². The zero-order chi connectivity index (χ0) is 22.0. The van der Waals surface area contributed by atoms with Crippen LogP contribution in [-0.2, 0) is 10.0 Å². The Hall–Kier alpha value is -3.65. The molecule has 0 saturated carbocycles. The number of methoxy groups -OCH3 is 1. The average molecular weight is 435 g/mol. The lowest BCUT2D eigenvalue weighted by Crippen LogP contribution is -2.16. The van der Waals surface area contributed by atoms with E-state index in [4.69, 9.17) is 4.74 Å². The molecule has 0 aliphatic heterocycles. The average Bonchev–Trinajstić information content (AvgIpc) is 2.76. The molecule has 1 aromatic heterocycles. The summed E-state index contributed by atoms with van der Waals surface area (Å²) in [6.07, 6.45) is 0. The van der Waals surface area contributed by atoms with Crippen molar-refractivity contribution in [3.05, 3.63) is 77.9 Å². The van der Waals surface area contributed by atoms with E-state index >= 15 is 0 Å². The van der Waals surface area contributed by atoms with E-state index in [0.717, 1.165) is 11.1 Å². The number of fused-ring (bicyclic) bond motifs is 1. The van der Waals surface area contributed by atoms with Crippen LogP contribution in [0.5, 0.6) is 5.75 Å². The molecule has 0 atom stereocenters. The van der Waals surface area contributed by atoms with Gasteiger partial charge in [0.2, 0.25) is 0 Å². The number of rotatable bonds is 6. The van der Waals surface area contributed by atoms with Crippen LogP contribution in [0.1, 0.15) is 11.1 Å². The fourth-order valence-electron chi connectivity index (χ4n) is 3.10. The summed E-state index contributed by atoms with van der Waals surface area (Å²) >= 11 is 0. The molecule has 4 rings (SSSR count). The maximum Gasteiger partial charge on any atom is 0.263 e. The van der Waals surface area contributed by atoms with Crippen LogP contribution in [0.25, 0.3) is 11.0 Å². The van der Waals surface area contributed by atoms with Crippen molar-refractivity contribution in [2.75, 3.05) is 17.1 Å². The molecule has 0 radical (unpaired) electrons. The highest BCUT2D eigenvalue weighted by Crippen LogP contribution is 2.31. The van der Waals surface area contributed by atoms with Crippen LogP contribution >= 0.6 is 0 Å². The highest BCUT2D eigenvalue weighted by Gasteiger charge is 2.20. The number of benzene rings is 3. The molecule has 0 saturated heterocycles. The lowest BCUT2D eigenvalue weighted by molar-refractivity contribution is 0.417. The maximum absolute atomic E-state index is 13.1. The van der Waals surface area contributed by atoms with Crippen LogP contribution in [0.15, 0.2) is 71.6 Å². The Morgan fingerprint density at radius 3 is 2.13 bits per heavy atom. The van der Waals surface area contributed by atoms with Gasteiger partial charge in [0.15, 0.2) is 11.6 Å². The third-order valence-corrected chi connectivity index (χ3v) is 6.29. The van der Waals surface area contributed by atoms with Gasteiger partial charge in [-0.2, -0.15) is 0 Å². The van der Waals surface area contributed by atoms with Crippen molar-refractivity contribution in [2.24, 2.45) is 0 Å². The first-order valence-corrected chi connectivity index (χ1v) is 11.1. The van der Waals surface area contributed by atoms with Crippen molar-refractivity contribution in [3.63, 3.8) is 0 Å². The van der Waals surface area contributed by atoms with Crippen LogP contribution in [0.3, 0.4) is 0 Å². The minimum Gasteiger partial charge on any atom is -0.495 e. The zero-order valence-corrected chi connectivity index (χ0v) is 18.2. The highest BCUT2D eigenvalue weighted by atomic mass is 32.2. The van der Waals surface area contributed by atoms with Crippen molar-refractivity contribution >= 4 is 38.4 Å². The quantitative estimate of drug-likeness (QED) is 0.453. The van der Waals surface area contributed by atoms with E-state index in [0.29, 0.717) is 22.5 Å². The molecule has 158 valence electrons. The predicted molar refractivity (Wildman–Crippen MR) is 123 cm³/mol. The molecule has 31 heavy (non-hydrogen) atoms. The van der Waals surface area contributed by atoms with Crippen LogP contribution < -0.4 is 14.8 Å². The topological polar surface area (TPSA) is 93.2 Å². The molecule has 2 N–H and O–H groups in total. The van der Waals surface area contributed by atoms with E-state index in [2.05, 4.69) is 20.0 Å². The molecule has 1 heterocycles. The van der Waals surface area contributed by atoms with Gasteiger partial charge in [-0.1, -0.05) is 30.3 Å². The second kappa shape index (κ2) is 8.23. The molecule has 4 aromatic rings. The summed E-state index contributed by atoms with van der Waals surface area (Å²) < 4.78 is 34.2. The Morgan fingerprint density at radius 2 is 1.45 bits per heavy atom. The minimum absolute atomic E-state index is 0.0998. The molecule has 0 spiro atoms. The summed E-state index contributed by atoms with van der Waals surface area (Å²) in [5.74, 6) is 0.971. The van der Waals surface area contributed by atoms with Crippen molar-refractivity contribution in [1.29, 1.82) is 0 Å². The summed E-state index contributed by atoms with van der Waals surface area (Å²) in [5, 5.41) is 3.15. The predicted octanol–water partition coefficient (Wildman–Crippen LogP) is 4.80. The zero-order valence-electron chi connectivity index (χ0n) is 17.4. The van der Waals surface area contributed by atoms with E-state index < -0.39 is 10.0 Å². The van der Waals surface area contributed by atoms with E-state index in [9.17, 15) is 8.42 Å². The largest absolute Gasteiger partial charge is 0.495 e. The number of para-hydroxylation sites is 4. The van der Waals surface area contributed by atoms with Gasteiger partial charge in [-0.3, -0.25) is 4.72 Å². The lowest BCUT2D eigenvalue weighted by atomic mass is 10.1. The van der Waals surface area contributed by atoms with Crippen LogP contribution in [-0.4, -0.2) is 25.5 Å². The number of sulfonamides is 1. The van der Waals surface area contributed by atoms with E-state index in [-0.39, 0.29) is 16.5 Å². The molecular weight excluding hydrogens is 412 g/mol. The number of aryl methyl sites for hydroxylation is 2. The number of ether oxygens (including phenoxy) is 1. The molecule has 0 unspecified atom stereocenters. The van der Waals surface area contributed by atoms with Gasteiger partial charge in [0.1, 0.15) is 5.75 Å². The van der Waals surface area contributed by atoms with Gasteiger partial charge in [-0.05, 0) is 61.4 Å². The number of aromatic nitrogens is 2. The molecule has 0 aliphatic carbocycles. The molecule has 0 amide bonds. The van der Waals surface area contributed by atoms with Crippen molar-refractivity contribution in [3.8, 4) is 5.75 Å². The van der Waals surface area contributed by atoms with Crippen LogP contribution in [0.2, 0.25) is 0 Å². The highest BCUT2D eigenvalue weighted by molar-refractivity contribution is 7.92. The van der Waals surface area contributed by atoms with Gasteiger partial charge in [-0.25, -0.2) is 18.4 Å². The normalized spacial score (nSPS) is 11.3. The number of hydrogen-bond donors (Lipinski definition) is 2. The number of nitrogens with one attached hydrogen (secondary N) is 2. The Kier molecular flexibility index (Phi) is 5.48. The lowest BCUT2D eigenvalue weighted by Gasteiger charge is -2.15. The molecule has 7 nitrogen and oxygen atoms in total. The van der Waals surface area contributed by atoms with Gasteiger partial charge in [0, 0.05) is 0 Å². The Morgan fingerprint density at radius 1 is 0.806 bits per heavy atom. The Balaban J connectivity index is 1.80. The van der Waals surface area contributed by atoms with Crippen molar-refractivity contribution < 1.29 is 13.2 Å². The fraction of sp³-hybridized carbons (Fsp3) is 0.130. The van der Waals surface area contributed by atoms with E-state index in [1.54, 1.807) is 37.4 Å². The molecule has 8 heteroatoms. The summed E-state index contributed by atoms with van der Waals surface area (Å²) in [4.78, 5) is 9.28. The summed E-state index contributed by atoms with van der Waals surface area (Å²) in [7, 11) is -2.31. The van der Waals surface area contributed by atoms with Gasteiger partial charge in [-0.15, -0.1) is 0 Å². The Labute approximate surface area is 181 Å². The summed E-state index contributed by atoms with van der Waals surface area (Å²) in [6.45, 7) is 3.81. The van der Waals surface area contributed by atoms with Gasteiger partial charge in [0.05, 0.1) is 28.7 Å². The molecular formula is C23H22N4O3S. The molecule has 0 aliphatic rings. The SMILES string of the molecule is COc1ccccc1Nc1nc2ccccc2nc1NS(=O)(=O)c1ccc(C)c(C)c1. The summed E-state index contributed by atoms with van der Waals surface area (Å²) in [6, 6.07) is 19.6. The maximum atomic E-state index is 13.1. The first-order valence-electron chi connectivity index (χ1n) is 9.64. The third-order valence-electron chi connectivity index (χ3n) is 4.95. The summed E-state index contributed by atoms with van der Waals surface area (Å²) in [5.41, 5.74) is 3.75. The second-order valence-corrected chi connectivity index (χ2v) is 8.77. The molecule has 3 aromatic carbocycles. The monoisotopic (exact) mass is 434 g/mol. The number of hydrogen-bond acceptors (Lipinski definition) is 6. The number of anilines is 3. The standard InChI is InChI=1S/C23H22N4O3S/c1-15-12-13-17(14-16(15)2)31(28,29)27-23-22(24-18-8-4-5-9-19(18)25-23)26-20-10-6-7-11-21(20)30-3/h4-14H,1-3H3,(H,24,26)(H,25,27). The van der Waals surface area contributed by atoms with Gasteiger partial charge < -0.3 is 10.1 Å². The fourth-order valence-corrected chi connectivity index (χ4v) is 4.19. The van der Waals surface area contributed by atoms with E-state index in [1.807, 2.05) is 50.2 Å². The van der Waals surface area contributed by atoms with Crippen molar-refractivity contribution in [2.45, 2.75) is 18.7 Å². The molecule has 0 bridgehead atoms. The van der Waals surface area contributed by atoms with Crippen LogP contribution in [0.4, 0.5) is 17.3 Å². The van der Waals surface area contributed by atoms with Gasteiger partial charge >= 0.3 is 0 Å². The Bertz CT molecular complexity index is 1370. The minimum atomic E-state index is -3.88. The van der Waals surface area contributed by atoms with Crippen LogP contribution in [0, 0.1) is 13.8 Å². The van der Waals surface area contributed by atoms with E-state index in [1.165, 1.54) is 0 Å².